The fraction of sp³-hybridized carbons (Fsp3) is 0.400. The highest BCUT2D eigenvalue weighted by Crippen LogP contribution is 2.17. The van der Waals surface area contributed by atoms with Gasteiger partial charge in [0.25, 0.3) is 5.82 Å². The summed E-state index contributed by atoms with van der Waals surface area (Å²) in [5.74, 6) is 1.65. The summed E-state index contributed by atoms with van der Waals surface area (Å²) in [4.78, 5) is 5.25. The van der Waals surface area contributed by atoms with Crippen molar-refractivity contribution in [1.29, 1.82) is 0 Å². The average molecular weight is 338 g/mol. The summed E-state index contributed by atoms with van der Waals surface area (Å²) in [6, 6.07) is 7.12. The number of aromatic amines is 1. The van der Waals surface area contributed by atoms with E-state index in [9.17, 15) is 8.42 Å². The standard InChI is InChI=1S/C15H19N3O4S/c1-17(12-13-3-2-8-22-13)15-5-4-14(11-16-15)23(19,20)18-6-9-21-10-7-18/h2-5,8,11H,6-7,9-10,12H2,1H3/p+1. The van der Waals surface area contributed by atoms with Gasteiger partial charge in [0.05, 0.1) is 26.5 Å². The highest BCUT2D eigenvalue weighted by atomic mass is 32.2. The SMILES string of the molecule is CN(Cc1ccco1)c1ccc(S(=O)(=O)N2CCOCC2)c[nH+]1. The lowest BCUT2D eigenvalue weighted by atomic mass is 10.4. The van der Waals surface area contributed by atoms with E-state index in [-0.39, 0.29) is 4.90 Å². The maximum Gasteiger partial charge on any atom is 0.274 e. The van der Waals surface area contributed by atoms with E-state index in [0.29, 0.717) is 32.8 Å². The number of nitrogens with one attached hydrogen (secondary N) is 1. The van der Waals surface area contributed by atoms with Crippen LogP contribution in [0.4, 0.5) is 5.82 Å². The fourth-order valence-electron chi connectivity index (χ4n) is 2.46. The second-order valence-corrected chi connectivity index (χ2v) is 7.30. The first-order valence-corrected chi connectivity index (χ1v) is 8.84. The summed E-state index contributed by atoms with van der Waals surface area (Å²) in [6.45, 7) is 2.25. The van der Waals surface area contributed by atoms with Crippen LogP contribution < -0.4 is 9.88 Å². The second-order valence-electron chi connectivity index (χ2n) is 5.36. The fourth-order valence-corrected chi connectivity index (χ4v) is 3.83. The van der Waals surface area contributed by atoms with E-state index in [1.54, 1.807) is 18.4 Å². The van der Waals surface area contributed by atoms with Crippen LogP contribution >= 0.6 is 0 Å². The highest BCUT2D eigenvalue weighted by Gasteiger charge is 2.27. The number of pyridine rings is 1. The molecule has 0 aliphatic carbocycles. The quantitative estimate of drug-likeness (QED) is 0.804. The molecule has 1 N–H and O–H groups in total. The number of anilines is 1. The van der Waals surface area contributed by atoms with Gasteiger partial charge in [0.1, 0.15) is 23.4 Å². The molecule has 3 rings (SSSR count). The minimum Gasteiger partial charge on any atom is -0.465 e. The molecule has 1 fully saturated rings. The van der Waals surface area contributed by atoms with Crippen LogP contribution in [0.25, 0.3) is 0 Å². The molecule has 0 unspecified atom stereocenters. The summed E-state index contributed by atoms with van der Waals surface area (Å²) in [7, 11) is -1.56. The number of morpholine rings is 1. The Balaban J connectivity index is 1.73. The highest BCUT2D eigenvalue weighted by molar-refractivity contribution is 7.89. The summed E-state index contributed by atoms with van der Waals surface area (Å²) >= 11 is 0. The van der Waals surface area contributed by atoms with Crippen molar-refractivity contribution >= 4 is 15.8 Å². The molecule has 0 bridgehead atoms. The number of furan rings is 1. The Hall–Kier alpha value is -1.90. The van der Waals surface area contributed by atoms with Crippen molar-refractivity contribution in [1.82, 2.24) is 4.31 Å². The molecule has 0 amide bonds. The van der Waals surface area contributed by atoms with Gasteiger partial charge in [-0.05, 0) is 18.2 Å². The second kappa shape index (κ2) is 6.69. The first-order valence-electron chi connectivity index (χ1n) is 7.40. The van der Waals surface area contributed by atoms with E-state index < -0.39 is 10.0 Å². The number of hydrogen-bond donors (Lipinski definition) is 0. The molecule has 2 aromatic heterocycles. The van der Waals surface area contributed by atoms with Crippen LogP contribution in [0.5, 0.6) is 0 Å². The first kappa shape index (κ1) is 16.0. The Kier molecular flexibility index (Phi) is 4.65. The molecule has 0 saturated carbocycles. The molecule has 7 nitrogen and oxygen atoms in total. The zero-order valence-corrected chi connectivity index (χ0v) is 13.8. The van der Waals surface area contributed by atoms with E-state index in [1.165, 1.54) is 10.5 Å². The normalized spacial score (nSPS) is 16.4. The molecule has 1 saturated heterocycles. The van der Waals surface area contributed by atoms with E-state index in [4.69, 9.17) is 9.15 Å². The van der Waals surface area contributed by atoms with Gasteiger partial charge in [-0.15, -0.1) is 0 Å². The third kappa shape index (κ3) is 3.54. The smallest absolute Gasteiger partial charge is 0.274 e. The summed E-state index contributed by atoms with van der Waals surface area (Å²) in [6.07, 6.45) is 3.16. The lowest BCUT2D eigenvalue weighted by Crippen LogP contribution is -2.41. The Bertz CT molecular complexity index is 723. The number of aromatic nitrogens is 1. The first-order chi connectivity index (χ1) is 11.1. The number of rotatable bonds is 5. The third-order valence-corrected chi connectivity index (χ3v) is 5.65. The van der Waals surface area contributed by atoms with Crippen LogP contribution in [-0.4, -0.2) is 46.1 Å². The molecule has 0 spiro atoms. The molecule has 124 valence electrons. The van der Waals surface area contributed by atoms with Crippen molar-refractivity contribution in [2.24, 2.45) is 0 Å². The number of ether oxygens (including phenoxy) is 1. The van der Waals surface area contributed by atoms with Crippen LogP contribution in [0.3, 0.4) is 0 Å². The van der Waals surface area contributed by atoms with Gasteiger partial charge in [-0.3, -0.25) is 4.90 Å². The van der Waals surface area contributed by atoms with Crippen LogP contribution in [0.15, 0.2) is 46.0 Å². The predicted molar refractivity (Wildman–Crippen MR) is 83.4 cm³/mol. The van der Waals surface area contributed by atoms with Crippen molar-refractivity contribution in [2.75, 3.05) is 38.3 Å². The van der Waals surface area contributed by atoms with E-state index in [0.717, 1.165) is 11.6 Å². The van der Waals surface area contributed by atoms with Gasteiger partial charge in [0, 0.05) is 19.2 Å². The minimum absolute atomic E-state index is 0.259. The Labute approximate surface area is 135 Å². The van der Waals surface area contributed by atoms with Crippen LogP contribution in [0.2, 0.25) is 0 Å². The van der Waals surface area contributed by atoms with Gasteiger partial charge in [-0.1, -0.05) is 0 Å². The summed E-state index contributed by atoms with van der Waals surface area (Å²) in [5, 5.41) is 0. The van der Waals surface area contributed by atoms with Gasteiger partial charge < -0.3 is 9.15 Å². The molecule has 1 aliphatic heterocycles. The molecule has 3 heterocycles. The van der Waals surface area contributed by atoms with E-state index in [1.807, 2.05) is 24.1 Å². The predicted octanol–water partition coefficient (Wildman–Crippen LogP) is 0.751. The van der Waals surface area contributed by atoms with Crippen LogP contribution in [0, 0.1) is 0 Å². The summed E-state index contributed by atoms with van der Waals surface area (Å²) < 4.78 is 37.1. The van der Waals surface area contributed by atoms with Gasteiger partial charge in [-0.2, -0.15) is 4.31 Å². The van der Waals surface area contributed by atoms with E-state index >= 15 is 0 Å². The number of H-pyrrole nitrogens is 1. The number of sulfonamides is 1. The molecule has 1 aliphatic rings. The Morgan fingerprint density at radius 1 is 1.26 bits per heavy atom. The average Bonchev–Trinajstić information content (AvgIpc) is 3.09. The van der Waals surface area contributed by atoms with Crippen molar-refractivity contribution in [3.05, 3.63) is 42.5 Å². The molecular formula is C15H20N3O4S+. The van der Waals surface area contributed by atoms with Gasteiger partial charge in [-0.25, -0.2) is 13.4 Å². The lowest BCUT2D eigenvalue weighted by Gasteiger charge is -2.25. The van der Waals surface area contributed by atoms with Gasteiger partial charge in [0.2, 0.25) is 10.0 Å². The van der Waals surface area contributed by atoms with Crippen LogP contribution in [-0.2, 0) is 21.3 Å². The zero-order chi connectivity index (χ0) is 16.3. The molecular weight excluding hydrogens is 318 g/mol. The van der Waals surface area contributed by atoms with Gasteiger partial charge >= 0.3 is 0 Å². The minimum atomic E-state index is -3.47. The third-order valence-electron chi connectivity index (χ3n) is 3.76. The van der Waals surface area contributed by atoms with Crippen molar-refractivity contribution in [3.63, 3.8) is 0 Å². The van der Waals surface area contributed by atoms with Gasteiger partial charge in [0.15, 0.2) is 0 Å². The molecule has 23 heavy (non-hydrogen) atoms. The van der Waals surface area contributed by atoms with Crippen molar-refractivity contribution in [3.8, 4) is 0 Å². The maximum atomic E-state index is 12.5. The summed E-state index contributed by atoms with van der Waals surface area (Å²) in [5.41, 5.74) is 0. The molecule has 8 heteroatoms. The number of hydrogen-bond acceptors (Lipinski definition) is 5. The monoisotopic (exact) mass is 338 g/mol. The molecule has 2 aromatic rings. The molecule has 0 atom stereocenters. The molecule has 0 aromatic carbocycles. The topological polar surface area (TPSA) is 77.1 Å². The van der Waals surface area contributed by atoms with Crippen molar-refractivity contribution < 1.29 is 22.6 Å². The van der Waals surface area contributed by atoms with E-state index in [2.05, 4.69) is 4.98 Å². The van der Waals surface area contributed by atoms with Crippen molar-refractivity contribution in [2.45, 2.75) is 11.4 Å². The lowest BCUT2D eigenvalue weighted by molar-refractivity contribution is -0.367. The largest absolute Gasteiger partial charge is 0.465 e. The number of nitrogens with zero attached hydrogens (tertiary/aromatic N) is 2. The van der Waals surface area contributed by atoms with Crippen LogP contribution in [0.1, 0.15) is 5.76 Å². The Morgan fingerprint density at radius 3 is 2.65 bits per heavy atom. The molecule has 0 radical (unpaired) electrons. The maximum absolute atomic E-state index is 12.5. The Morgan fingerprint density at radius 2 is 2.04 bits per heavy atom. The zero-order valence-electron chi connectivity index (χ0n) is 12.9.